The minimum atomic E-state index is -3.83. The lowest BCUT2D eigenvalue weighted by Gasteiger charge is -2.24. The first-order valence-corrected chi connectivity index (χ1v) is 13.4. The van der Waals surface area contributed by atoms with Crippen LogP contribution in [0, 0.1) is 5.92 Å². The van der Waals surface area contributed by atoms with Crippen LogP contribution in [0.15, 0.2) is 84.9 Å². The maximum absolute atomic E-state index is 13.2. The number of hydrogen-bond acceptors (Lipinski definition) is 4. The van der Waals surface area contributed by atoms with Gasteiger partial charge in [-0.05, 0) is 35.6 Å². The number of amides is 1. The lowest BCUT2D eigenvalue weighted by atomic mass is 9.97. The molecule has 3 rings (SSSR count). The Bertz CT molecular complexity index is 1170. The highest BCUT2D eigenvalue weighted by Gasteiger charge is 2.34. The van der Waals surface area contributed by atoms with Crippen LogP contribution in [-0.2, 0) is 27.0 Å². The average Bonchev–Trinajstić information content (AvgIpc) is 2.84. The van der Waals surface area contributed by atoms with Gasteiger partial charge in [0, 0.05) is 12.6 Å². The summed E-state index contributed by atoms with van der Waals surface area (Å²) in [6, 6.07) is 25.2. The van der Waals surface area contributed by atoms with Crippen molar-refractivity contribution in [1.82, 2.24) is 5.32 Å². The Kier molecular flexibility index (Phi) is 8.99. The summed E-state index contributed by atoms with van der Waals surface area (Å²) in [5.74, 6) is -3.68. The molecule has 0 aliphatic heterocycles. The first-order chi connectivity index (χ1) is 16.7. The molecule has 0 aliphatic carbocycles. The van der Waals surface area contributed by atoms with E-state index in [-0.39, 0.29) is 19.0 Å². The number of carboxylic acid groups (broad SMARTS) is 1. The minimum Gasteiger partial charge on any atom is -0.480 e. The van der Waals surface area contributed by atoms with Gasteiger partial charge in [-0.1, -0.05) is 84.9 Å². The summed E-state index contributed by atoms with van der Waals surface area (Å²) < 4.78 is 12.7. The number of aliphatic carboxylic acids is 1. The van der Waals surface area contributed by atoms with Crippen molar-refractivity contribution in [2.75, 3.05) is 6.16 Å². The van der Waals surface area contributed by atoms with Gasteiger partial charge >= 0.3 is 5.97 Å². The number of carboxylic acids is 1. The molecule has 0 radical (unpaired) electrons. The Morgan fingerprint density at radius 3 is 1.91 bits per heavy atom. The highest BCUT2D eigenvalue weighted by molar-refractivity contribution is 7.58. The van der Waals surface area contributed by atoms with E-state index >= 15 is 0 Å². The lowest BCUT2D eigenvalue weighted by molar-refractivity contribution is -0.142. The molecule has 3 aromatic rings. The summed E-state index contributed by atoms with van der Waals surface area (Å²) in [4.78, 5) is 35.4. The Balaban J connectivity index is 1.79. The van der Waals surface area contributed by atoms with E-state index < -0.39 is 37.0 Å². The summed E-state index contributed by atoms with van der Waals surface area (Å²) in [5, 5.41) is 12.2. The lowest BCUT2D eigenvalue weighted by Crippen LogP contribution is -2.46. The van der Waals surface area contributed by atoms with Crippen molar-refractivity contribution in [3.8, 4) is 11.1 Å². The number of carbonyl (C=O) groups excluding carboxylic acids is 1. The standard InChI is InChI=1S/C27H31N2O5P/c1-19(28)35(33,34)18-24(16-21-12-14-23(15-13-21)22-10-6-3-7-11-22)26(30)29-25(27(31)32)17-20-8-4-2-5-9-20/h2-15,19,24-25H,16-18,28H2,1H3,(H,29,30)(H,31,32)(H,33,34)/t19-,24+,25+/m1/s1. The molecule has 4 atom stereocenters. The van der Waals surface area contributed by atoms with Crippen molar-refractivity contribution in [3.63, 3.8) is 0 Å². The number of hydrogen-bond donors (Lipinski definition) is 4. The molecular weight excluding hydrogens is 463 g/mol. The summed E-state index contributed by atoms with van der Waals surface area (Å²) in [6.45, 7) is 1.43. The fourth-order valence-corrected chi connectivity index (χ4v) is 5.07. The van der Waals surface area contributed by atoms with Gasteiger partial charge in [-0.3, -0.25) is 9.36 Å². The molecule has 0 aromatic heterocycles. The number of benzene rings is 3. The molecule has 0 fully saturated rings. The van der Waals surface area contributed by atoms with Gasteiger partial charge in [0.15, 0.2) is 0 Å². The minimum absolute atomic E-state index is 0.102. The Labute approximate surface area is 205 Å². The van der Waals surface area contributed by atoms with Gasteiger partial charge < -0.3 is 21.1 Å². The normalized spacial score (nSPS) is 15.4. The summed E-state index contributed by atoms with van der Waals surface area (Å²) in [7, 11) is -3.83. The molecule has 5 N–H and O–H groups in total. The molecule has 0 aliphatic rings. The molecule has 1 amide bonds. The van der Waals surface area contributed by atoms with Gasteiger partial charge in [-0.25, -0.2) is 4.79 Å². The van der Waals surface area contributed by atoms with Crippen molar-refractivity contribution in [2.24, 2.45) is 11.7 Å². The van der Waals surface area contributed by atoms with Crippen LogP contribution in [0.3, 0.4) is 0 Å². The third kappa shape index (κ3) is 7.62. The zero-order valence-corrected chi connectivity index (χ0v) is 20.5. The average molecular weight is 495 g/mol. The van der Waals surface area contributed by atoms with Gasteiger partial charge in [0.05, 0.1) is 11.7 Å². The van der Waals surface area contributed by atoms with E-state index in [9.17, 15) is 24.2 Å². The second-order valence-corrected chi connectivity index (χ2v) is 11.4. The molecule has 0 heterocycles. The summed E-state index contributed by atoms with van der Waals surface area (Å²) in [5.41, 5.74) is 9.32. The number of rotatable bonds is 11. The first kappa shape index (κ1) is 26.4. The van der Waals surface area contributed by atoms with E-state index in [1.807, 2.05) is 60.7 Å². The van der Waals surface area contributed by atoms with E-state index in [1.165, 1.54) is 6.92 Å². The van der Waals surface area contributed by atoms with Crippen LogP contribution in [-0.4, -0.2) is 39.9 Å². The molecule has 0 bridgehead atoms. The molecule has 7 nitrogen and oxygen atoms in total. The predicted octanol–water partition coefficient (Wildman–Crippen LogP) is 3.90. The quantitative estimate of drug-likeness (QED) is 0.299. The van der Waals surface area contributed by atoms with Crippen molar-refractivity contribution >= 4 is 19.2 Å². The van der Waals surface area contributed by atoms with Crippen molar-refractivity contribution in [1.29, 1.82) is 0 Å². The third-order valence-corrected chi connectivity index (χ3v) is 8.17. The van der Waals surface area contributed by atoms with Crippen molar-refractivity contribution in [3.05, 3.63) is 96.1 Å². The van der Waals surface area contributed by atoms with Crippen LogP contribution in [0.4, 0.5) is 0 Å². The van der Waals surface area contributed by atoms with Crippen LogP contribution < -0.4 is 11.1 Å². The second kappa shape index (κ2) is 11.9. The molecule has 1 unspecified atom stereocenters. The van der Waals surface area contributed by atoms with E-state index in [0.717, 1.165) is 22.3 Å². The number of nitrogens with one attached hydrogen (secondary N) is 1. The zero-order chi connectivity index (χ0) is 25.4. The molecule has 0 saturated carbocycles. The Hall–Kier alpha value is -3.25. The molecule has 184 valence electrons. The largest absolute Gasteiger partial charge is 0.480 e. The van der Waals surface area contributed by atoms with E-state index in [0.29, 0.717) is 0 Å². The zero-order valence-electron chi connectivity index (χ0n) is 19.6. The van der Waals surface area contributed by atoms with Crippen LogP contribution in [0.25, 0.3) is 11.1 Å². The van der Waals surface area contributed by atoms with E-state index in [4.69, 9.17) is 5.73 Å². The van der Waals surface area contributed by atoms with Crippen molar-refractivity contribution < 1.29 is 24.2 Å². The number of carbonyl (C=O) groups is 2. The topological polar surface area (TPSA) is 130 Å². The third-order valence-electron chi connectivity index (χ3n) is 5.93. The van der Waals surface area contributed by atoms with Gasteiger partial charge in [0.1, 0.15) is 6.04 Å². The molecule has 8 heteroatoms. The van der Waals surface area contributed by atoms with Gasteiger partial charge in [0.2, 0.25) is 13.3 Å². The number of nitrogens with two attached hydrogens (primary N) is 1. The molecule has 0 saturated heterocycles. The van der Waals surface area contributed by atoms with Gasteiger partial charge in [-0.2, -0.15) is 0 Å². The van der Waals surface area contributed by atoms with Crippen LogP contribution in [0.5, 0.6) is 0 Å². The van der Waals surface area contributed by atoms with Gasteiger partial charge in [0.25, 0.3) is 0 Å². The van der Waals surface area contributed by atoms with Crippen LogP contribution >= 0.6 is 7.37 Å². The van der Waals surface area contributed by atoms with E-state index in [2.05, 4.69) is 5.32 Å². The Morgan fingerprint density at radius 1 is 0.857 bits per heavy atom. The van der Waals surface area contributed by atoms with Crippen molar-refractivity contribution in [2.45, 2.75) is 31.6 Å². The maximum Gasteiger partial charge on any atom is 0.326 e. The highest BCUT2D eigenvalue weighted by atomic mass is 31.2. The van der Waals surface area contributed by atoms with Gasteiger partial charge in [-0.15, -0.1) is 0 Å². The summed E-state index contributed by atoms with van der Waals surface area (Å²) in [6.07, 6.45) is -0.0606. The monoisotopic (exact) mass is 494 g/mol. The summed E-state index contributed by atoms with van der Waals surface area (Å²) >= 11 is 0. The molecule has 0 spiro atoms. The predicted molar refractivity (Wildman–Crippen MR) is 137 cm³/mol. The molecule has 35 heavy (non-hydrogen) atoms. The van der Waals surface area contributed by atoms with E-state index in [1.54, 1.807) is 24.3 Å². The smallest absolute Gasteiger partial charge is 0.326 e. The molecule has 3 aromatic carbocycles. The highest BCUT2D eigenvalue weighted by Crippen LogP contribution is 2.46. The van der Waals surface area contributed by atoms with Crippen LogP contribution in [0.1, 0.15) is 18.1 Å². The fraction of sp³-hybridized carbons (Fsp3) is 0.259. The second-order valence-electron chi connectivity index (χ2n) is 8.73. The SMILES string of the molecule is C[C@H](N)P(=O)(O)C[C@H](Cc1ccc(-c2ccccc2)cc1)C(=O)N[C@@H](Cc1ccccc1)C(=O)O. The first-order valence-electron chi connectivity index (χ1n) is 11.4. The maximum atomic E-state index is 13.2. The Morgan fingerprint density at radius 2 is 1.37 bits per heavy atom. The van der Waals surface area contributed by atoms with Crippen LogP contribution in [0.2, 0.25) is 0 Å². The fourth-order valence-electron chi connectivity index (χ4n) is 3.81. The molecular formula is C27H31N2O5P.